The van der Waals surface area contributed by atoms with Crippen molar-refractivity contribution in [2.24, 2.45) is 5.92 Å². The fourth-order valence-corrected chi connectivity index (χ4v) is 2.82. The van der Waals surface area contributed by atoms with E-state index in [0.29, 0.717) is 19.3 Å². The minimum Gasteiger partial charge on any atom is -0.480 e. The third-order valence-electron chi connectivity index (χ3n) is 4.64. The van der Waals surface area contributed by atoms with Gasteiger partial charge in [0.1, 0.15) is 11.9 Å². The van der Waals surface area contributed by atoms with Crippen LogP contribution in [-0.2, 0) is 19.1 Å². The molecule has 1 aromatic rings. The highest BCUT2D eigenvalue weighted by Gasteiger charge is 2.40. The molecule has 9 heteroatoms. The summed E-state index contributed by atoms with van der Waals surface area (Å²) in [6.45, 7) is 1.87. The molecule has 1 aliphatic rings. The van der Waals surface area contributed by atoms with Gasteiger partial charge >= 0.3 is 11.9 Å². The molecule has 1 aliphatic heterocycles. The maximum Gasteiger partial charge on any atom is 0.364 e. The summed E-state index contributed by atoms with van der Waals surface area (Å²) in [5.74, 6) is -4.95. The van der Waals surface area contributed by atoms with E-state index in [1.807, 2.05) is 0 Å². The van der Waals surface area contributed by atoms with Crippen LogP contribution >= 0.6 is 0 Å². The summed E-state index contributed by atoms with van der Waals surface area (Å²) in [7, 11) is 0. The minimum atomic E-state index is -1.62. The van der Waals surface area contributed by atoms with Crippen LogP contribution in [0.3, 0.4) is 0 Å². The first-order valence-electron chi connectivity index (χ1n) is 9.02. The van der Waals surface area contributed by atoms with Gasteiger partial charge in [0.25, 0.3) is 11.7 Å². The van der Waals surface area contributed by atoms with Gasteiger partial charge in [-0.1, -0.05) is 12.8 Å². The molecule has 0 aliphatic carbocycles. The number of hydrogen-bond acceptors (Lipinski definition) is 5. The highest BCUT2D eigenvalue weighted by atomic mass is 19.1. The molecule has 1 aromatic carbocycles. The lowest BCUT2D eigenvalue weighted by molar-refractivity contribution is -0.271. The molecule has 28 heavy (non-hydrogen) atoms. The summed E-state index contributed by atoms with van der Waals surface area (Å²) >= 11 is 0. The summed E-state index contributed by atoms with van der Waals surface area (Å²) in [4.78, 5) is 34.5. The van der Waals surface area contributed by atoms with Gasteiger partial charge in [-0.3, -0.25) is 4.79 Å². The molecule has 0 spiro atoms. The second kappa shape index (κ2) is 9.61. The number of unbranched alkanes of at least 4 members (excludes halogenated alkanes) is 1. The normalized spacial score (nSPS) is 23.0. The molecular formula is C19H24FNO7. The maximum absolute atomic E-state index is 12.9. The van der Waals surface area contributed by atoms with Crippen LogP contribution in [0, 0.1) is 11.7 Å². The van der Waals surface area contributed by atoms with Crippen LogP contribution in [0.2, 0.25) is 0 Å². The van der Waals surface area contributed by atoms with Crippen LogP contribution in [0.15, 0.2) is 24.3 Å². The third kappa shape index (κ3) is 6.00. The summed E-state index contributed by atoms with van der Waals surface area (Å²) in [6, 6.07) is 3.80. The number of halogens is 1. The number of carbonyl (C=O) groups is 3. The van der Waals surface area contributed by atoms with Gasteiger partial charge in [0.2, 0.25) is 0 Å². The predicted octanol–water partition coefficient (Wildman–Crippen LogP) is 2.03. The fraction of sp³-hybridized carbons (Fsp3) is 0.526. The predicted molar refractivity (Wildman–Crippen MR) is 95.2 cm³/mol. The molecule has 154 valence electrons. The summed E-state index contributed by atoms with van der Waals surface area (Å²) in [5.41, 5.74) is 0.186. The number of benzene rings is 1. The van der Waals surface area contributed by atoms with Crippen LogP contribution in [0.5, 0.6) is 0 Å². The molecule has 1 heterocycles. The Labute approximate surface area is 161 Å². The maximum atomic E-state index is 12.9. The molecule has 1 atom stereocenters. The summed E-state index contributed by atoms with van der Waals surface area (Å²) in [6.07, 6.45) is 2.15. The third-order valence-corrected chi connectivity index (χ3v) is 4.64. The zero-order chi connectivity index (χ0) is 20.7. The fourth-order valence-electron chi connectivity index (χ4n) is 2.82. The van der Waals surface area contributed by atoms with E-state index in [2.05, 4.69) is 5.32 Å². The molecule has 1 amide bonds. The average molecular weight is 397 g/mol. The molecule has 1 saturated heterocycles. The van der Waals surface area contributed by atoms with E-state index in [4.69, 9.17) is 14.6 Å². The first-order chi connectivity index (χ1) is 13.2. The Kier molecular flexibility index (Phi) is 7.47. The quantitative estimate of drug-likeness (QED) is 0.545. The van der Waals surface area contributed by atoms with Crippen molar-refractivity contribution in [1.82, 2.24) is 5.32 Å². The van der Waals surface area contributed by atoms with Crippen molar-refractivity contribution in [1.29, 1.82) is 0 Å². The van der Waals surface area contributed by atoms with Gasteiger partial charge in [-0.25, -0.2) is 14.0 Å². The van der Waals surface area contributed by atoms with E-state index in [1.54, 1.807) is 0 Å². The Morgan fingerprint density at radius 3 is 2.32 bits per heavy atom. The number of hydrogen-bond donors (Lipinski definition) is 3. The van der Waals surface area contributed by atoms with Crippen LogP contribution in [0.4, 0.5) is 4.39 Å². The molecule has 0 radical (unpaired) electrons. The first-order valence-corrected chi connectivity index (χ1v) is 9.02. The van der Waals surface area contributed by atoms with Gasteiger partial charge in [0.15, 0.2) is 0 Å². The lowest BCUT2D eigenvalue weighted by Crippen LogP contribution is -2.47. The zero-order valence-electron chi connectivity index (χ0n) is 15.5. The Balaban J connectivity index is 1.73. The molecular weight excluding hydrogens is 373 g/mol. The highest BCUT2D eigenvalue weighted by Crippen LogP contribution is 2.24. The average Bonchev–Trinajstić information content (AvgIpc) is 2.65. The van der Waals surface area contributed by atoms with Crippen molar-refractivity contribution in [3.63, 3.8) is 0 Å². The largest absolute Gasteiger partial charge is 0.480 e. The van der Waals surface area contributed by atoms with Crippen molar-refractivity contribution >= 4 is 17.8 Å². The molecule has 0 saturated carbocycles. The standard InChI is InChI=1S/C19H24FNO7/c1-19(18(25)26)27-10-12(11-28-19)4-2-3-5-15(17(23)24)21-16(22)13-6-8-14(20)9-7-13/h6-9,12,15H,2-5,10-11H2,1H3,(H,21,22)(H,23,24)(H,25,26). The van der Waals surface area contributed by atoms with Gasteiger partial charge in [0.05, 0.1) is 13.2 Å². The number of nitrogens with one attached hydrogen (secondary N) is 1. The van der Waals surface area contributed by atoms with Crippen LogP contribution in [0.25, 0.3) is 0 Å². The Bertz CT molecular complexity index is 699. The molecule has 2 rings (SSSR count). The van der Waals surface area contributed by atoms with E-state index in [0.717, 1.165) is 12.1 Å². The number of carboxylic acids is 2. The Hall–Kier alpha value is -2.52. The van der Waals surface area contributed by atoms with Crippen LogP contribution < -0.4 is 5.32 Å². The van der Waals surface area contributed by atoms with Gasteiger partial charge in [-0.15, -0.1) is 0 Å². The highest BCUT2D eigenvalue weighted by molar-refractivity contribution is 5.96. The molecule has 1 fully saturated rings. The van der Waals surface area contributed by atoms with Crippen molar-refractivity contribution < 1.29 is 38.5 Å². The SMILES string of the molecule is CC1(C(=O)O)OCC(CCCCC(NC(=O)c2ccc(F)cc2)C(=O)O)CO1. The molecule has 1 unspecified atom stereocenters. The van der Waals surface area contributed by atoms with Crippen LogP contribution in [-0.4, -0.2) is 53.1 Å². The number of rotatable bonds is 9. The molecule has 3 N–H and O–H groups in total. The number of carboxylic acid groups (broad SMARTS) is 2. The smallest absolute Gasteiger partial charge is 0.364 e. The monoisotopic (exact) mass is 397 g/mol. The second-order valence-electron chi connectivity index (χ2n) is 6.89. The first kappa shape index (κ1) is 21.8. The zero-order valence-corrected chi connectivity index (χ0v) is 15.5. The van der Waals surface area contributed by atoms with E-state index < -0.39 is 35.5 Å². The van der Waals surface area contributed by atoms with E-state index in [9.17, 15) is 23.9 Å². The van der Waals surface area contributed by atoms with Crippen molar-refractivity contribution in [2.75, 3.05) is 13.2 Å². The topological polar surface area (TPSA) is 122 Å². The van der Waals surface area contributed by atoms with Gasteiger partial charge < -0.3 is 25.0 Å². The number of aliphatic carboxylic acids is 2. The van der Waals surface area contributed by atoms with E-state index in [-0.39, 0.29) is 31.1 Å². The molecule has 0 aromatic heterocycles. The van der Waals surface area contributed by atoms with Crippen molar-refractivity contribution in [3.05, 3.63) is 35.6 Å². The van der Waals surface area contributed by atoms with E-state index in [1.165, 1.54) is 19.1 Å². The van der Waals surface area contributed by atoms with Crippen molar-refractivity contribution in [3.8, 4) is 0 Å². The number of amides is 1. The minimum absolute atomic E-state index is 0.0320. The van der Waals surface area contributed by atoms with E-state index >= 15 is 0 Å². The lowest BCUT2D eigenvalue weighted by Gasteiger charge is -2.34. The lowest BCUT2D eigenvalue weighted by atomic mass is 9.99. The summed E-state index contributed by atoms with van der Waals surface area (Å²) in [5, 5.41) is 20.8. The molecule has 8 nitrogen and oxygen atoms in total. The molecule has 0 bridgehead atoms. The Morgan fingerprint density at radius 1 is 1.18 bits per heavy atom. The Morgan fingerprint density at radius 2 is 1.79 bits per heavy atom. The summed E-state index contributed by atoms with van der Waals surface area (Å²) < 4.78 is 23.4. The second-order valence-corrected chi connectivity index (χ2v) is 6.89. The van der Waals surface area contributed by atoms with Crippen LogP contribution in [0.1, 0.15) is 43.0 Å². The van der Waals surface area contributed by atoms with Gasteiger partial charge in [-0.2, -0.15) is 0 Å². The van der Waals surface area contributed by atoms with Crippen molar-refractivity contribution in [2.45, 2.75) is 44.4 Å². The van der Waals surface area contributed by atoms with Gasteiger partial charge in [0, 0.05) is 18.4 Å². The number of ether oxygens (including phenoxy) is 2. The number of carbonyl (C=O) groups excluding carboxylic acids is 1. The van der Waals surface area contributed by atoms with Gasteiger partial charge in [-0.05, 0) is 37.1 Å².